The van der Waals surface area contributed by atoms with Crippen molar-refractivity contribution in [3.05, 3.63) is 29.3 Å². The van der Waals surface area contributed by atoms with E-state index in [0.717, 1.165) is 23.3 Å². The van der Waals surface area contributed by atoms with Gasteiger partial charge in [-0.3, -0.25) is 0 Å². The summed E-state index contributed by atoms with van der Waals surface area (Å²) in [7, 11) is 0. The van der Waals surface area contributed by atoms with Gasteiger partial charge in [-0.25, -0.2) is 0 Å². The van der Waals surface area contributed by atoms with Crippen LogP contribution in [0.5, 0.6) is 5.75 Å². The molecule has 0 aliphatic carbocycles. The van der Waals surface area contributed by atoms with Gasteiger partial charge in [-0.2, -0.15) is 0 Å². The molecule has 2 N–H and O–H groups in total. The molecule has 2 nitrogen and oxygen atoms in total. The van der Waals surface area contributed by atoms with E-state index in [1.54, 1.807) is 0 Å². The second-order valence-electron chi connectivity index (χ2n) is 3.70. The fraction of sp³-hybridized carbons (Fsp3) is 0.417. The molecular weight excluding hydrogens is 206 g/mol. The van der Waals surface area contributed by atoms with E-state index < -0.39 is 0 Å². The molecule has 1 aromatic rings. The minimum absolute atomic E-state index is 0.181. The normalized spacial score (nSPS) is 12.2. The van der Waals surface area contributed by atoms with Crippen LogP contribution in [0.1, 0.15) is 31.4 Å². The molecule has 1 atom stereocenters. The quantitative estimate of drug-likeness (QED) is 0.797. The first kappa shape index (κ1) is 12.0. The van der Waals surface area contributed by atoms with Crippen LogP contribution in [0, 0.1) is 6.92 Å². The van der Waals surface area contributed by atoms with Crippen LogP contribution in [0.15, 0.2) is 18.2 Å². The van der Waals surface area contributed by atoms with E-state index in [9.17, 15) is 0 Å². The molecule has 82 valence electrons. The van der Waals surface area contributed by atoms with E-state index in [1.807, 2.05) is 32.0 Å². The minimum Gasteiger partial charge on any atom is -0.490 e. The molecule has 0 aromatic heterocycles. The van der Waals surface area contributed by atoms with Crippen molar-refractivity contribution in [2.75, 3.05) is 0 Å². The largest absolute Gasteiger partial charge is 0.490 e. The van der Waals surface area contributed by atoms with E-state index in [0.29, 0.717) is 4.99 Å². The van der Waals surface area contributed by atoms with Crippen molar-refractivity contribution in [1.29, 1.82) is 0 Å². The Morgan fingerprint density at radius 1 is 1.53 bits per heavy atom. The fourth-order valence-corrected chi connectivity index (χ4v) is 1.40. The van der Waals surface area contributed by atoms with Crippen LogP contribution in [0.25, 0.3) is 0 Å². The Morgan fingerprint density at radius 2 is 2.20 bits per heavy atom. The summed E-state index contributed by atoms with van der Waals surface area (Å²) in [6.45, 7) is 6.12. The van der Waals surface area contributed by atoms with Gasteiger partial charge in [0, 0.05) is 0 Å². The lowest BCUT2D eigenvalue weighted by Crippen LogP contribution is -2.16. The van der Waals surface area contributed by atoms with Crippen molar-refractivity contribution in [2.45, 2.75) is 33.3 Å². The second-order valence-corrected chi connectivity index (χ2v) is 4.14. The molecular formula is C12H17NOS. The first-order valence-electron chi connectivity index (χ1n) is 5.11. The van der Waals surface area contributed by atoms with Crippen molar-refractivity contribution >= 4 is 17.2 Å². The van der Waals surface area contributed by atoms with E-state index in [1.165, 1.54) is 0 Å². The zero-order valence-corrected chi connectivity index (χ0v) is 10.2. The van der Waals surface area contributed by atoms with Gasteiger partial charge in [0.25, 0.3) is 0 Å². The smallest absolute Gasteiger partial charge is 0.129 e. The Bertz CT molecular complexity index is 363. The minimum atomic E-state index is 0.181. The maximum Gasteiger partial charge on any atom is 0.129 e. The average molecular weight is 223 g/mol. The summed E-state index contributed by atoms with van der Waals surface area (Å²) in [5, 5.41) is 0. The van der Waals surface area contributed by atoms with Crippen LogP contribution in [-0.2, 0) is 0 Å². The molecule has 1 unspecified atom stereocenters. The Morgan fingerprint density at radius 3 is 2.73 bits per heavy atom. The Hall–Kier alpha value is -1.09. The van der Waals surface area contributed by atoms with Crippen molar-refractivity contribution in [2.24, 2.45) is 5.73 Å². The van der Waals surface area contributed by atoms with Gasteiger partial charge in [-0.1, -0.05) is 30.8 Å². The lowest BCUT2D eigenvalue weighted by molar-refractivity contribution is 0.217. The summed E-state index contributed by atoms with van der Waals surface area (Å²) < 4.78 is 5.74. The number of nitrogens with two attached hydrogens (primary N) is 1. The monoisotopic (exact) mass is 223 g/mol. The summed E-state index contributed by atoms with van der Waals surface area (Å²) in [6.07, 6.45) is 1.14. The van der Waals surface area contributed by atoms with Crippen molar-refractivity contribution in [3.8, 4) is 5.75 Å². The van der Waals surface area contributed by atoms with Gasteiger partial charge < -0.3 is 10.5 Å². The molecule has 1 rings (SSSR count). The zero-order valence-electron chi connectivity index (χ0n) is 9.41. The molecule has 0 bridgehead atoms. The van der Waals surface area contributed by atoms with Crippen molar-refractivity contribution < 1.29 is 4.74 Å². The molecule has 1 aromatic carbocycles. The first-order valence-corrected chi connectivity index (χ1v) is 5.52. The number of benzene rings is 1. The molecule has 0 radical (unpaired) electrons. The molecule has 0 heterocycles. The summed E-state index contributed by atoms with van der Waals surface area (Å²) in [5.41, 5.74) is 7.61. The number of aryl methyl sites for hydroxylation is 1. The lowest BCUT2D eigenvalue weighted by Gasteiger charge is -2.16. The molecule has 0 aliphatic rings. The maximum absolute atomic E-state index is 5.74. The van der Waals surface area contributed by atoms with E-state index in [2.05, 4.69) is 6.92 Å². The molecule has 0 spiro atoms. The molecule has 0 fully saturated rings. The van der Waals surface area contributed by atoms with Crippen molar-refractivity contribution in [1.82, 2.24) is 0 Å². The Labute approximate surface area is 96.4 Å². The highest BCUT2D eigenvalue weighted by Crippen LogP contribution is 2.21. The third-order valence-corrected chi connectivity index (χ3v) is 2.52. The third-order valence-electron chi connectivity index (χ3n) is 2.30. The highest BCUT2D eigenvalue weighted by Gasteiger charge is 2.09. The van der Waals surface area contributed by atoms with Gasteiger partial charge >= 0.3 is 0 Å². The summed E-state index contributed by atoms with van der Waals surface area (Å²) >= 11 is 5.00. The van der Waals surface area contributed by atoms with Crippen LogP contribution in [0.4, 0.5) is 0 Å². The van der Waals surface area contributed by atoms with Crippen LogP contribution in [0.2, 0.25) is 0 Å². The van der Waals surface area contributed by atoms with Gasteiger partial charge in [0.2, 0.25) is 0 Å². The summed E-state index contributed by atoms with van der Waals surface area (Å²) in [6, 6.07) is 5.88. The molecule has 0 amide bonds. The fourth-order valence-electron chi connectivity index (χ4n) is 1.24. The number of rotatable bonds is 4. The van der Waals surface area contributed by atoms with E-state index in [4.69, 9.17) is 22.7 Å². The Balaban J connectivity index is 3.01. The SMILES string of the molecule is CCC(C)Oc1ccc(C)cc1C(N)=S. The van der Waals surface area contributed by atoms with Crippen LogP contribution in [0.3, 0.4) is 0 Å². The third kappa shape index (κ3) is 3.20. The predicted molar refractivity (Wildman–Crippen MR) is 67.4 cm³/mol. The first-order chi connectivity index (χ1) is 7.04. The molecule has 0 saturated heterocycles. The standard InChI is InChI=1S/C12H17NOS/c1-4-9(3)14-11-6-5-8(2)7-10(11)12(13)15/h5-7,9H,4H2,1-3H3,(H2,13,15). The Kier molecular flexibility index (Phi) is 4.09. The van der Waals surface area contributed by atoms with Crippen LogP contribution >= 0.6 is 12.2 Å². The van der Waals surface area contributed by atoms with E-state index in [-0.39, 0.29) is 6.10 Å². The van der Waals surface area contributed by atoms with Gasteiger partial charge in [0.1, 0.15) is 10.7 Å². The topological polar surface area (TPSA) is 35.2 Å². The van der Waals surface area contributed by atoms with Crippen molar-refractivity contribution in [3.63, 3.8) is 0 Å². The molecule has 15 heavy (non-hydrogen) atoms. The predicted octanol–water partition coefficient (Wildman–Crippen LogP) is 2.81. The second kappa shape index (κ2) is 5.12. The highest BCUT2D eigenvalue weighted by atomic mass is 32.1. The number of thiocarbonyl (C=S) groups is 1. The number of hydrogen-bond donors (Lipinski definition) is 1. The summed E-state index contributed by atoms with van der Waals surface area (Å²) in [5.74, 6) is 0.780. The van der Waals surface area contributed by atoms with Gasteiger partial charge in [0.15, 0.2) is 0 Å². The van der Waals surface area contributed by atoms with Gasteiger partial charge in [0.05, 0.1) is 11.7 Å². The van der Waals surface area contributed by atoms with Crippen LogP contribution in [-0.4, -0.2) is 11.1 Å². The average Bonchev–Trinajstić information content (AvgIpc) is 2.20. The number of hydrogen-bond acceptors (Lipinski definition) is 2. The maximum atomic E-state index is 5.74. The zero-order chi connectivity index (χ0) is 11.4. The van der Waals surface area contributed by atoms with Crippen LogP contribution < -0.4 is 10.5 Å². The van der Waals surface area contributed by atoms with Gasteiger partial charge in [-0.15, -0.1) is 0 Å². The lowest BCUT2D eigenvalue weighted by atomic mass is 10.1. The van der Waals surface area contributed by atoms with Gasteiger partial charge in [-0.05, 0) is 32.4 Å². The van der Waals surface area contributed by atoms with E-state index >= 15 is 0 Å². The number of ether oxygens (including phenoxy) is 1. The summed E-state index contributed by atoms with van der Waals surface area (Å²) in [4.78, 5) is 0.386. The highest BCUT2D eigenvalue weighted by molar-refractivity contribution is 7.80. The molecule has 3 heteroatoms. The molecule has 0 aliphatic heterocycles. The molecule has 0 saturated carbocycles.